The second-order valence-corrected chi connectivity index (χ2v) is 14.9. The van der Waals surface area contributed by atoms with E-state index in [-0.39, 0.29) is 38.3 Å². The maximum absolute atomic E-state index is 14.0. The summed E-state index contributed by atoms with van der Waals surface area (Å²) < 4.78 is 35.1. The second-order valence-electron chi connectivity index (χ2n) is 14.9. The lowest BCUT2D eigenvalue weighted by molar-refractivity contribution is -0.163. The standard InChI is InChI=1S/C51H44O8/c1-4-48(52)58-29-27-56-35-21-17-33(18-22-35)50(43-14-8-5-11-38(43)39-12-6-9-15-44(39)50)34-19-23-36(24-20-34)57-28-30-59-49(53)47-32-41-40-13-7-10-16-45(40)51(47,55-3)46-26-25-37(54-2)31-42(41)46/h4-26,31,41,47H,1,27-30,32H2,2-3H3. The van der Waals surface area contributed by atoms with Crippen LogP contribution in [0.1, 0.15) is 56.8 Å². The highest BCUT2D eigenvalue weighted by atomic mass is 16.6. The van der Waals surface area contributed by atoms with Gasteiger partial charge in [-0.3, -0.25) is 4.79 Å². The molecule has 4 aliphatic carbocycles. The molecule has 0 spiro atoms. The van der Waals surface area contributed by atoms with Crippen molar-refractivity contribution in [2.45, 2.75) is 23.4 Å². The normalized spacial score (nSPS) is 18.7. The molecule has 0 heterocycles. The first-order valence-corrected chi connectivity index (χ1v) is 19.9. The Kier molecular flexibility index (Phi) is 10.0. The number of rotatable bonds is 14. The fraction of sp³-hybridized carbons (Fsp3) is 0.216. The van der Waals surface area contributed by atoms with Crippen molar-refractivity contribution < 1.29 is 38.0 Å². The minimum atomic E-state index is -0.969. The van der Waals surface area contributed by atoms with Crippen LogP contribution in [-0.2, 0) is 34.8 Å². The van der Waals surface area contributed by atoms with Gasteiger partial charge in [0.25, 0.3) is 0 Å². The first-order valence-electron chi connectivity index (χ1n) is 19.9. The van der Waals surface area contributed by atoms with Crippen LogP contribution in [0, 0.1) is 5.92 Å². The van der Waals surface area contributed by atoms with E-state index in [0.717, 1.165) is 39.6 Å². The summed E-state index contributed by atoms with van der Waals surface area (Å²) in [6.45, 7) is 4.07. The fourth-order valence-electron chi connectivity index (χ4n) is 9.79. The van der Waals surface area contributed by atoms with Crippen LogP contribution >= 0.6 is 0 Å². The average Bonchev–Trinajstić information content (AvgIpc) is 3.60. The molecule has 3 atom stereocenters. The first kappa shape index (κ1) is 37.9. The number of hydrogen-bond donors (Lipinski definition) is 0. The van der Waals surface area contributed by atoms with Crippen molar-refractivity contribution in [1.82, 2.24) is 0 Å². The van der Waals surface area contributed by atoms with E-state index in [1.165, 1.54) is 27.8 Å². The van der Waals surface area contributed by atoms with Crippen molar-refractivity contribution >= 4 is 11.9 Å². The Balaban J connectivity index is 0.931. The van der Waals surface area contributed by atoms with Gasteiger partial charge in [-0.1, -0.05) is 110 Å². The molecule has 6 aromatic rings. The highest BCUT2D eigenvalue weighted by Gasteiger charge is 2.58. The predicted octanol–water partition coefficient (Wildman–Crippen LogP) is 9.14. The van der Waals surface area contributed by atoms with Crippen LogP contribution in [-0.4, -0.2) is 52.6 Å². The van der Waals surface area contributed by atoms with E-state index < -0.39 is 22.9 Å². The molecule has 0 aliphatic heterocycles. The minimum Gasteiger partial charge on any atom is -0.497 e. The van der Waals surface area contributed by atoms with Crippen molar-refractivity contribution in [3.63, 3.8) is 0 Å². The largest absolute Gasteiger partial charge is 0.497 e. The molecule has 0 saturated heterocycles. The van der Waals surface area contributed by atoms with Gasteiger partial charge < -0.3 is 28.4 Å². The molecular weight excluding hydrogens is 741 g/mol. The highest BCUT2D eigenvalue weighted by Crippen LogP contribution is 2.60. The van der Waals surface area contributed by atoms with Gasteiger partial charge in [-0.25, -0.2) is 4.79 Å². The zero-order valence-corrected chi connectivity index (χ0v) is 33.0. The number of ether oxygens (including phenoxy) is 6. The monoisotopic (exact) mass is 784 g/mol. The van der Waals surface area contributed by atoms with Crippen molar-refractivity contribution in [3.8, 4) is 28.4 Å². The number of carbonyl (C=O) groups is 2. The summed E-state index contributed by atoms with van der Waals surface area (Å²) in [6, 6.07) is 47.6. The van der Waals surface area contributed by atoms with Crippen LogP contribution in [0.3, 0.4) is 0 Å². The van der Waals surface area contributed by atoms with Crippen LogP contribution in [0.15, 0.2) is 152 Å². The molecule has 2 bridgehead atoms. The summed E-state index contributed by atoms with van der Waals surface area (Å²) in [5.41, 5.74) is 9.59. The zero-order chi connectivity index (χ0) is 40.6. The Morgan fingerprint density at radius 2 is 1.14 bits per heavy atom. The van der Waals surface area contributed by atoms with Crippen molar-refractivity contribution in [2.75, 3.05) is 40.6 Å². The first-order chi connectivity index (χ1) is 28.9. The smallest absolute Gasteiger partial charge is 0.330 e. The summed E-state index contributed by atoms with van der Waals surface area (Å²) in [4.78, 5) is 25.4. The van der Waals surface area contributed by atoms with Crippen molar-refractivity contribution in [3.05, 3.63) is 197 Å². The number of benzene rings is 6. The molecule has 0 saturated carbocycles. The average molecular weight is 785 g/mol. The summed E-state index contributed by atoms with van der Waals surface area (Å²) in [5, 5.41) is 0. The van der Waals surface area contributed by atoms with Gasteiger partial charge in [0.05, 0.1) is 18.4 Å². The van der Waals surface area contributed by atoms with Gasteiger partial charge >= 0.3 is 11.9 Å². The minimum absolute atomic E-state index is 0.0228. The quantitative estimate of drug-likeness (QED) is 0.0613. The van der Waals surface area contributed by atoms with E-state index >= 15 is 0 Å². The maximum Gasteiger partial charge on any atom is 0.330 e. The topological polar surface area (TPSA) is 89.5 Å². The van der Waals surface area contributed by atoms with Crippen LogP contribution in [0.4, 0.5) is 0 Å². The van der Waals surface area contributed by atoms with Gasteiger partial charge in [-0.15, -0.1) is 0 Å². The summed E-state index contributed by atoms with van der Waals surface area (Å²) in [5.74, 6) is 0.832. The molecule has 59 heavy (non-hydrogen) atoms. The van der Waals surface area contributed by atoms with E-state index in [1.54, 1.807) is 14.2 Å². The molecule has 8 nitrogen and oxygen atoms in total. The Morgan fingerprint density at radius 3 is 1.71 bits per heavy atom. The third kappa shape index (κ3) is 6.17. The Morgan fingerprint density at radius 1 is 0.610 bits per heavy atom. The van der Waals surface area contributed by atoms with Gasteiger partial charge in [0.1, 0.15) is 49.3 Å². The van der Waals surface area contributed by atoms with Crippen LogP contribution in [0.25, 0.3) is 11.1 Å². The number of esters is 2. The Labute approximate surface area is 343 Å². The molecule has 0 N–H and O–H groups in total. The van der Waals surface area contributed by atoms with Crippen LogP contribution in [0.5, 0.6) is 17.2 Å². The molecule has 4 aliphatic rings. The number of carbonyl (C=O) groups excluding carboxylic acids is 2. The molecule has 6 aromatic carbocycles. The van der Waals surface area contributed by atoms with Gasteiger partial charge in [0.2, 0.25) is 0 Å². The second kappa shape index (κ2) is 15.6. The predicted molar refractivity (Wildman–Crippen MR) is 224 cm³/mol. The molecule has 10 rings (SSSR count). The van der Waals surface area contributed by atoms with Gasteiger partial charge in [-0.05, 0) is 98.5 Å². The van der Waals surface area contributed by atoms with Gasteiger partial charge in [-0.2, -0.15) is 0 Å². The van der Waals surface area contributed by atoms with Gasteiger partial charge in [0, 0.05) is 19.1 Å². The zero-order valence-electron chi connectivity index (χ0n) is 33.0. The molecule has 0 fully saturated rings. The lowest BCUT2D eigenvalue weighted by Gasteiger charge is -2.52. The number of hydrogen-bond acceptors (Lipinski definition) is 8. The van der Waals surface area contributed by atoms with Crippen molar-refractivity contribution in [1.29, 1.82) is 0 Å². The third-order valence-corrected chi connectivity index (χ3v) is 12.2. The van der Waals surface area contributed by atoms with E-state index in [9.17, 15) is 9.59 Å². The van der Waals surface area contributed by atoms with E-state index in [2.05, 4.69) is 97.6 Å². The lowest BCUT2D eigenvalue weighted by atomic mass is 9.56. The molecule has 3 unspecified atom stereocenters. The summed E-state index contributed by atoms with van der Waals surface area (Å²) in [7, 11) is 3.34. The van der Waals surface area contributed by atoms with Gasteiger partial charge in [0.15, 0.2) is 0 Å². The maximum atomic E-state index is 14.0. The molecule has 8 heteroatoms. The van der Waals surface area contributed by atoms with E-state index in [4.69, 9.17) is 28.4 Å². The lowest BCUT2D eigenvalue weighted by Crippen LogP contribution is -2.52. The molecular formula is C51H44O8. The summed E-state index contributed by atoms with van der Waals surface area (Å²) in [6.07, 6.45) is 1.71. The van der Waals surface area contributed by atoms with Crippen LogP contribution < -0.4 is 14.2 Å². The fourth-order valence-corrected chi connectivity index (χ4v) is 9.79. The Bertz CT molecular complexity index is 2500. The summed E-state index contributed by atoms with van der Waals surface area (Å²) >= 11 is 0. The number of fused-ring (bicyclic) bond motifs is 4. The molecule has 296 valence electrons. The number of methoxy groups -OCH3 is 2. The molecule has 0 amide bonds. The molecule has 0 aromatic heterocycles. The Hall–Kier alpha value is -6.64. The third-order valence-electron chi connectivity index (χ3n) is 12.2. The van der Waals surface area contributed by atoms with Crippen LogP contribution in [0.2, 0.25) is 0 Å². The highest BCUT2D eigenvalue weighted by molar-refractivity contribution is 5.86. The van der Waals surface area contributed by atoms with Crippen molar-refractivity contribution in [2.24, 2.45) is 5.92 Å². The van der Waals surface area contributed by atoms with E-state index in [0.29, 0.717) is 17.9 Å². The SMILES string of the molecule is C=CC(=O)OCCOc1ccc(C2(c3ccc(OCCOC(=O)C4CC5c6ccccc6C4(OC)c4ccc(OC)cc45)cc3)c3ccccc3-c3ccccc32)cc1. The molecule has 0 radical (unpaired) electrons. The van der Waals surface area contributed by atoms with E-state index in [1.807, 2.05) is 48.5 Å².